The molecule has 1 aliphatic heterocycles. The molecule has 1 aliphatic rings. The second kappa shape index (κ2) is 6.89. The van der Waals surface area contributed by atoms with E-state index >= 15 is 0 Å². The molecule has 1 saturated heterocycles. The van der Waals surface area contributed by atoms with E-state index in [1.165, 1.54) is 0 Å². The first-order chi connectivity index (χ1) is 10.7. The van der Waals surface area contributed by atoms with Crippen LogP contribution in [0.15, 0.2) is 10.6 Å². The minimum atomic E-state index is -0.541. The molecule has 0 unspecified atom stereocenters. The Morgan fingerprint density at radius 1 is 1.43 bits per heavy atom. The maximum absolute atomic E-state index is 12.2. The molecule has 0 spiro atoms. The third-order valence-electron chi connectivity index (χ3n) is 3.29. The molecule has 1 aromatic rings. The molecular formula is C15H24N4O4. The highest BCUT2D eigenvalue weighted by molar-refractivity contribution is 5.88. The Kier molecular flexibility index (Phi) is 5.12. The van der Waals surface area contributed by atoms with Gasteiger partial charge in [-0.1, -0.05) is 5.16 Å². The number of carbonyl (C=O) groups excluding carboxylic acids is 2. The summed E-state index contributed by atoms with van der Waals surface area (Å²) in [7, 11) is 0. The molecular weight excluding hydrogens is 300 g/mol. The zero-order valence-corrected chi connectivity index (χ0v) is 14.0. The second-order valence-corrected chi connectivity index (χ2v) is 6.68. The maximum atomic E-state index is 12.2. The lowest BCUT2D eigenvalue weighted by Gasteiger charge is -2.33. The minimum Gasteiger partial charge on any atom is -0.444 e. The number of nitrogens with one attached hydrogen (secondary N) is 2. The number of rotatable bonds is 2. The summed E-state index contributed by atoms with van der Waals surface area (Å²) < 4.78 is 10.2. The molecule has 8 nitrogen and oxygen atoms in total. The molecule has 1 atom stereocenters. The van der Waals surface area contributed by atoms with Crippen LogP contribution in [0, 0.1) is 6.92 Å². The van der Waals surface area contributed by atoms with Crippen molar-refractivity contribution in [2.75, 3.05) is 18.4 Å². The summed E-state index contributed by atoms with van der Waals surface area (Å²) in [6.45, 7) is 8.26. The van der Waals surface area contributed by atoms with Crippen molar-refractivity contribution in [1.29, 1.82) is 0 Å². The number of amides is 3. The van der Waals surface area contributed by atoms with Crippen molar-refractivity contribution in [2.45, 2.75) is 52.2 Å². The summed E-state index contributed by atoms with van der Waals surface area (Å²) in [5.74, 6) is 1.01. The van der Waals surface area contributed by atoms with Gasteiger partial charge in [0.15, 0.2) is 5.82 Å². The number of urea groups is 1. The van der Waals surface area contributed by atoms with Crippen molar-refractivity contribution in [1.82, 2.24) is 15.4 Å². The highest BCUT2D eigenvalue weighted by Crippen LogP contribution is 2.14. The van der Waals surface area contributed by atoms with Gasteiger partial charge < -0.3 is 19.5 Å². The number of piperidine rings is 1. The summed E-state index contributed by atoms with van der Waals surface area (Å²) in [6, 6.07) is 1.27. The van der Waals surface area contributed by atoms with E-state index < -0.39 is 11.7 Å². The lowest BCUT2D eigenvalue weighted by atomic mass is 10.1. The van der Waals surface area contributed by atoms with E-state index in [2.05, 4.69) is 15.8 Å². The van der Waals surface area contributed by atoms with E-state index in [-0.39, 0.29) is 12.1 Å². The van der Waals surface area contributed by atoms with Gasteiger partial charge in [0, 0.05) is 25.2 Å². The van der Waals surface area contributed by atoms with Gasteiger partial charge in [0.05, 0.1) is 0 Å². The monoisotopic (exact) mass is 324 g/mol. The Bertz CT molecular complexity index is 564. The molecule has 23 heavy (non-hydrogen) atoms. The summed E-state index contributed by atoms with van der Waals surface area (Å²) in [6.07, 6.45) is 1.16. The molecule has 0 aromatic carbocycles. The first kappa shape index (κ1) is 17.1. The van der Waals surface area contributed by atoms with Crippen LogP contribution in [0.4, 0.5) is 15.4 Å². The molecule has 0 radical (unpaired) electrons. The highest BCUT2D eigenvalue weighted by atomic mass is 16.6. The van der Waals surface area contributed by atoms with Gasteiger partial charge in [0.25, 0.3) is 0 Å². The van der Waals surface area contributed by atoms with E-state index in [1.807, 2.05) is 20.8 Å². The van der Waals surface area contributed by atoms with Crippen molar-refractivity contribution >= 4 is 17.9 Å². The molecule has 0 aliphatic carbocycles. The molecule has 3 amide bonds. The van der Waals surface area contributed by atoms with Crippen LogP contribution in [0.25, 0.3) is 0 Å². The number of hydrogen-bond donors (Lipinski definition) is 2. The van der Waals surface area contributed by atoms with E-state index in [9.17, 15) is 9.59 Å². The Balaban J connectivity index is 1.85. The van der Waals surface area contributed by atoms with Crippen molar-refractivity contribution in [3.05, 3.63) is 11.8 Å². The number of nitrogens with zero attached hydrogens (tertiary/aromatic N) is 2. The number of hydrogen-bond acceptors (Lipinski definition) is 5. The quantitative estimate of drug-likeness (QED) is 0.871. The molecule has 1 fully saturated rings. The first-order valence-corrected chi connectivity index (χ1v) is 7.72. The molecule has 0 saturated carbocycles. The Labute approximate surface area is 135 Å². The van der Waals surface area contributed by atoms with Crippen molar-refractivity contribution in [3.8, 4) is 0 Å². The zero-order chi connectivity index (χ0) is 17.0. The fourth-order valence-electron chi connectivity index (χ4n) is 2.37. The van der Waals surface area contributed by atoms with Gasteiger partial charge in [-0.2, -0.15) is 0 Å². The largest absolute Gasteiger partial charge is 0.444 e. The standard InChI is InChI=1S/C15H24N4O4/c1-10-8-12(18-23-10)17-13(20)19-7-5-6-11(9-19)16-14(21)22-15(2,3)4/h8,11H,5-7,9H2,1-4H3,(H,16,21)(H,17,18,20)/t11-/m1/s1. The van der Waals surface area contributed by atoms with Gasteiger partial charge in [-0.15, -0.1) is 0 Å². The van der Waals surface area contributed by atoms with Crippen LogP contribution < -0.4 is 10.6 Å². The van der Waals surface area contributed by atoms with Gasteiger partial charge in [0.1, 0.15) is 11.4 Å². The topological polar surface area (TPSA) is 96.7 Å². The van der Waals surface area contributed by atoms with Crippen molar-refractivity contribution < 1.29 is 18.8 Å². The Morgan fingerprint density at radius 3 is 2.78 bits per heavy atom. The Morgan fingerprint density at radius 2 is 2.17 bits per heavy atom. The highest BCUT2D eigenvalue weighted by Gasteiger charge is 2.27. The van der Waals surface area contributed by atoms with Crippen LogP contribution in [-0.2, 0) is 4.74 Å². The molecule has 128 valence electrons. The Hall–Kier alpha value is -2.25. The van der Waals surface area contributed by atoms with Crippen LogP contribution in [0.3, 0.4) is 0 Å². The van der Waals surface area contributed by atoms with E-state index in [4.69, 9.17) is 9.26 Å². The first-order valence-electron chi connectivity index (χ1n) is 7.72. The summed E-state index contributed by atoms with van der Waals surface area (Å²) in [5.41, 5.74) is -0.541. The van der Waals surface area contributed by atoms with E-state index in [1.54, 1.807) is 17.9 Å². The SMILES string of the molecule is Cc1cc(NC(=O)N2CCC[C@@H](NC(=O)OC(C)(C)C)C2)no1. The van der Waals surface area contributed by atoms with Crippen LogP contribution in [0.1, 0.15) is 39.4 Å². The second-order valence-electron chi connectivity index (χ2n) is 6.68. The number of likely N-dealkylation sites (tertiary alicyclic amines) is 1. The molecule has 2 rings (SSSR count). The molecule has 0 bridgehead atoms. The summed E-state index contributed by atoms with van der Waals surface area (Å²) in [4.78, 5) is 25.7. The zero-order valence-electron chi connectivity index (χ0n) is 14.0. The summed E-state index contributed by atoms with van der Waals surface area (Å²) >= 11 is 0. The normalized spacial score (nSPS) is 18.4. The van der Waals surface area contributed by atoms with Gasteiger partial charge >= 0.3 is 12.1 Å². The van der Waals surface area contributed by atoms with E-state index in [0.717, 1.165) is 12.8 Å². The smallest absolute Gasteiger partial charge is 0.407 e. The third kappa shape index (κ3) is 5.46. The fraction of sp³-hybridized carbons (Fsp3) is 0.667. The predicted octanol–water partition coefficient (Wildman–Crippen LogP) is 2.50. The minimum absolute atomic E-state index is 0.122. The molecule has 2 heterocycles. The number of anilines is 1. The average Bonchev–Trinajstić information content (AvgIpc) is 2.82. The average molecular weight is 324 g/mol. The van der Waals surface area contributed by atoms with Crippen LogP contribution in [-0.4, -0.2) is 46.9 Å². The van der Waals surface area contributed by atoms with Gasteiger partial charge in [-0.25, -0.2) is 9.59 Å². The lowest BCUT2D eigenvalue weighted by molar-refractivity contribution is 0.0480. The van der Waals surface area contributed by atoms with Gasteiger partial charge in [0.2, 0.25) is 0 Å². The van der Waals surface area contributed by atoms with Gasteiger partial charge in [-0.3, -0.25) is 5.32 Å². The lowest BCUT2D eigenvalue weighted by Crippen LogP contribution is -2.51. The van der Waals surface area contributed by atoms with Crippen LogP contribution in [0.5, 0.6) is 0 Å². The number of ether oxygens (including phenoxy) is 1. The summed E-state index contributed by atoms with van der Waals surface area (Å²) in [5, 5.41) is 9.23. The molecule has 1 aromatic heterocycles. The fourth-order valence-corrected chi connectivity index (χ4v) is 2.37. The maximum Gasteiger partial charge on any atom is 0.407 e. The number of aromatic nitrogens is 1. The molecule has 2 N–H and O–H groups in total. The number of alkyl carbamates (subject to hydrolysis) is 1. The van der Waals surface area contributed by atoms with Crippen molar-refractivity contribution in [3.63, 3.8) is 0 Å². The van der Waals surface area contributed by atoms with Gasteiger partial charge in [-0.05, 0) is 40.5 Å². The molecule has 8 heteroatoms. The van der Waals surface area contributed by atoms with Crippen molar-refractivity contribution in [2.24, 2.45) is 0 Å². The number of carbonyl (C=O) groups is 2. The van der Waals surface area contributed by atoms with Crippen LogP contribution in [0.2, 0.25) is 0 Å². The third-order valence-corrected chi connectivity index (χ3v) is 3.29. The van der Waals surface area contributed by atoms with Crippen LogP contribution >= 0.6 is 0 Å². The predicted molar refractivity (Wildman–Crippen MR) is 84.2 cm³/mol. The number of aryl methyl sites for hydroxylation is 1. The van der Waals surface area contributed by atoms with E-state index in [0.29, 0.717) is 24.7 Å².